The SMILES string of the molecule is COc1nc(-c2cccc(-c3cccc(-c4cnc(CNCC5CC(O)C5)c(OC)n4)c3Cl)c2Cl)cnc1CCC[C@@H]1CCC(=O)N1. The van der Waals surface area contributed by atoms with Gasteiger partial charge in [-0.3, -0.25) is 14.8 Å². The van der Waals surface area contributed by atoms with E-state index in [1.54, 1.807) is 26.6 Å². The summed E-state index contributed by atoms with van der Waals surface area (Å²) < 4.78 is 11.2. The quantitative estimate of drug-likeness (QED) is 0.155. The first-order chi connectivity index (χ1) is 22.8. The van der Waals surface area contributed by atoms with Gasteiger partial charge in [0.05, 0.1) is 54.2 Å². The van der Waals surface area contributed by atoms with Gasteiger partial charge in [0.25, 0.3) is 0 Å². The Labute approximate surface area is 284 Å². The van der Waals surface area contributed by atoms with Crippen LogP contribution in [0.1, 0.15) is 49.9 Å². The Morgan fingerprint density at radius 1 is 0.894 bits per heavy atom. The van der Waals surface area contributed by atoms with Gasteiger partial charge < -0.3 is 25.2 Å². The smallest absolute Gasteiger partial charge is 0.237 e. The van der Waals surface area contributed by atoms with E-state index in [1.807, 2.05) is 36.4 Å². The van der Waals surface area contributed by atoms with Crippen LogP contribution in [0.15, 0.2) is 48.8 Å². The maximum absolute atomic E-state index is 11.5. The Kier molecular flexibility index (Phi) is 10.5. The molecule has 3 N–H and O–H groups in total. The number of benzene rings is 2. The van der Waals surface area contributed by atoms with Crippen molar-refractivity contribution in [2.75, 3.05) is 20.8 Å². The Hall–Kier alpha value is -3.83. The maximum atomic E-state index is 11.5. The third-order valence-corrected chi connectivity index (χ3v) is 9.65. The number of aryl methyl sites for hydroxylation is 1. The van der Waals surface area contributed by atoms with Gasteiger partial charge in [-0.2, -0.15) is 0 Å². The topological polar surface area (TPSA) is 131 Å². The highest BCUT2D eigenvalue weighted by molar-refractivity contribution is 6.39. The number of rotatable bonds is 13. The molecule has 1 amide bonds. The highest BCUT2D eigenvalue weighted by Crippen LogP contribution is 2.42. The number of ether oxygens (including phenoxy) is 2. The lowest BCUT2D eigenvalue weighted by Gasteiger charge is -2.31. The molecule has 2 aliphatic rings. The molecule has 2 aromatic heterocycles. The van der Waals surface area contributed by atoms with Gasteiger partial charge in [-0.05, 0) is 51.0 Å². The minimum atomic E-state index is -0.174. The zero-order valence-corrected chi connectivity index (χ0v) is 27.9. The van der Waals surface area contributed by atoms with Crippen LogP contribution in [-0.2, 0) is 17.8 Å². The fourth-order valence-electron chi connectivity index (χ4n) is 6.22. The first kappa shape index (κ1) is 33.1. The van der Waals surface area contributed by atoms with Crippen LogP contribution in [0, 0.1) is 5.92 Å². The lowest BCUT2D eigenvalue weighted by atomic mass is 9.82. The summed E-state index contributed by atoms with van der Waals surface area (Å²) >= 11 is 14.1. The number of aliphatic hydroxyl groups is 1. The first-order valence-electron chi connectivity index (χ1n) is 15.9. The number of carbonyl (C=O) groups excluding carboxylic acids is 1. The standard InChI is InChI=1S/C35H38Cl2N6O4/c1-46-34-27(11-3-6-21-12-13-31(45)41-21)39-18-28(42-34)25-9-4-7-23(32(25)36)24-8-5-10-26(33(24)37)29-19-40-30(35(43-29)47-2)17-38-16-20-14-22(44)15-20/h4-5,7-10,18-22,38,44H,3,6,11-17H2,1-2H3,(H,41,45)/t20?,21-,22?/m1/s1. The van der Waals surface area contributed by atoms with Gasteiger partial charge in [-0.1, -0.05) is 59.6 Å². The van der Waals surface area contributed by atoms with E-state index in [9.17, 15) is 9.90 Å². The Balaban J connectivity index is 1.21. The molecule has 2 aromatic carbocycles. The van der Waals surface area contributed by atoms with Crippen molar-refractivity contribution in [2.45, 2.75) is 63.6 Å². The van der Waals surface area contributed by atoms with Crippen LogP contribution in [0.3, 0.4) is 0 Å². The second-order valence-electron chi connectivity index (χ2n) is 12.1. The molecule has 3 heterocycles. The zero-order chi connectivity index (χ0) is 32.9. The molecule has 1 atom stereocenters. The molecule has 0 spiro atoms. The molecule has 1 saturated carbocycles. The molecule has 0 unspecified atom stereocenters. The molecule has 2 fully saturated rings. The zero-order valence-electron chi connectivity index (χ0n) is 26.4. The number of hydrogen-bond acceptors (Lipinski definition) is 9. The van der Waals surface area contributed by atoms with Crippen LogP contribution in [0.5, 0.6) is 11.8 Å². The van der Waals surface area contributed by atoms with Crippen molar-refractivity contribution in [1.82, 2.24) is 30.6 Å². The predicted octanol–water partition coefficient (Wildman–Crippen LogP) is 6.05. The van der Waals surface area contributed by atoms with E-state index in [2.05, 4.69) is 20.6 Å². The predicted molar refractivity (Wildman–Crippen MR) is 182 cm³/mol. The van der Waals surface area contributed by atoms with E-state index >= 15 is 0 Å². The van der Waals surface area contributed by atoms with Gasteiger partial charge in [-0.15, -0.1) is 0 Å². The summed E-state index contributed by atoms with van der Waals surface area (Å²) in [6.45, 7) is 1.32. The van der Waals surface area contributed by atoms with Gasteiger partial charge in [-0.25, -0.2) is 9.97 Å². The number of nitrogens with one attached hydrogen (secondary N) is 2. The number of nitrogens with zero attached hydrogens (tertiary/aromatic N) is 4. The van der Waals surface area contributed by atoms with E-state index in [1.165, 1.54) is 0 Å². The average molecular weight is 678 g/mol. The molecular weight excluding hydrogens is 639 g/mol. The molecule has 47 heavy (non-hydrogen) atoms. The molecule has 0 bridgehead atoms. The Morgan fingerprint density at radius 3 is 2.02 bits per heavy atom. The summed E-state index contributed by atoms with van der Waals surface area (Å²) in [5.41, 5.74) is 5.49. The molecule has 10 nitrogen and oxygen atoms in total. The van der Waals surface area contributed by atoms with Crippen LogP contribution in [0.4, 0.5) is 0 Å². The molecule has 1 saturated heterocycles. The summed E-state index contributed by atoms with van der Waals surface area (Å²) in [6.07, 6.45) is 8.81. The lowest BCUT2D eigenvalue weighted by Crippen LogP contribution is -2.36. The van der Waals surface area contributed by atoms with Crippen LogP contribution >= 0.6 is 23.2 Å². The Bertz CT molecular complexity index is 1750. The molecule has 4 aromatic rings. The van der Waals surface area contributed by atoms with E-state index in [-0.39, 0.29) is 18.1 Å². The molecule has 12 heteroatoms. The van der Waals surface area contributed by atoms with Gasteiger partial charge in [0.1, 0.15) is 11.4 Å². The number of amides is 1. The molecule has 1 aliphatic carbocycles. The van der Waals surface area contributed by atoms with Gasteiger partial charge >= 0.3 is 0 Å². The van der Waals surface area contributed by atoms with Crippen molar-refractivity contribution in [2.24, 2.45) is 5.92 Å². The van der Waals surface area contributed by atoms with Crippen LogP contribution in [0.25, 0.3) is 33.6 Å². The second kappa shape index (κ2) is 14.9. The van der Waals surface area contributed by atoms with Gasteiger partial charge in [0, 0.05) is 41.3 Å². The fraction of sp³-hybridized carbons (Fsp3) is 0.400. The highest BCUT2D eigenvalue weighted by atomic mass is 35.5. The van der Waals surface area contributed by atoms with E-state index < -0.39 is 0 Å². The van der Waals surface area contributed by atoms with Crippen molar-refractivity contribution in [1.29, 1.82) is 0 Å². The summed E-state index contributed by atoms with van der Waals surface area (Å²) in [5, 5.41) is 16.9. The fourth-order valence-corrected chi connectivity index (χ4v) is 6.87. The molecule has 6 rings (SSSR count). The third kappa shape index (κ3) is 7.51. The molecule has 0 radical (unpaired) electrons. The first-order valence-corrected chi connectivity index (χ1v) is 16.7. The van der Waals surface area contributed by atoms with Crippen LogP contribution in [-0.4, -0.2) is 63.9 Å². The third-order valence-electron chi connectivity index (χ3n) is 8.84. The average Bonchev–Trinajstić information content (AvgIpc) is 3.49. The van der Waals surface area contributed by atoms with E-state index in [4.69, 9.17) is 42.6 Å². The normalized spacial score (nSPS) is 18.9. The van der Waals surface area contributed by atoms with E-state index in [0.717, 1.165) is 55.5 Å². The summed E-state index contributed by atoms with van der Waals surface area (Å²) in [7, 11) is 3.16. The maximum Gasteiger partial charge on any atom is 0.237 e. The van der Waals surface area contributed by atoms with Crippen molar-refractivity contribution < 1.29 is 19.4 Å². The summed E-state index contributed by atoms with van der Waals surface area (Å²) in [4.78, 5) is 30.3. The lowest BCUT2D eigenvalue weighted by molar-refractivity contribution is -0.119. The number of halogens is 2. The molecule has 246 valence electrons. The molecular formula is C35H38Cl2N6O4. The van der Waals surface area contributed by atoms with Crippen LogP contribution in [0.2, 0.25) is 10.0 Å². The monoisotopic (exact) mass is 676 g/mol. The largest absolute Gasteiger partial charge is 0.480 e. The number of hydrogen-bond donors (Lipinski definition) is 3. The van der Waals surface area contributed by atoms with E-state index in [0.29, 0.717) is 75.3 Å². The summed E-state index contributed by atoms with van der Waals surface area (Å²) in [6, 6.07) is 11.7. The number of methoxy groups -OCH3 is 2. The Morgan fingerprint density at radius 2 is 1.47 bits per heavy atom. The number of aliphatic hydroxyl groups excluding tert-OH is 1. The highest BCUT2D eigenvalue weighted by Gasteiger charge is 2.27. The summed E-state index contributed by atoms with van der Waals surface area (Å²) in [5.74, 6) is 1.48. The number of carbonyl (C=O) groups is 1. The van der Waals surface area contributed by atoms with Crippen molar-refractivity contribution in [3.8, 4) is 45.4 Å². The van der Waals surface area contributed by atoms with Crippen molar-refractivity contribution >= 4 is 29.1 Å². The minimum Gasteiger partial charge on any atom is -0.480 e. The van der Waals surface area contributed by atoms with Crippen molar-refractivity contribution in [3.63, 3.8) is 0 Å². The second-order valence-corrected chi connectivity index (χ2v) is 12.8. The molecule has 1 aliphatic heterocycles. The minimum absolute atomic E-state index is 0.123. The van der Waals surface area contributed by atoms with Crippen LogP contribution < -0.4 is 20.1 Å². The van der Waals surface area contributed by atoms with Gasteiger partial charge in [0.15, 0.2) is 0 Å². The number of aromatic nitrogens is 4. The van der Waals surface area contributed by atoms with Gasteiger partial charge in [0.2, 0.25) is 17.7 Å². The van der Waals surface area contributed by atoms with Crippen molar-refractivity contribution in [3.05, 3.63) is 70.2 Å².